The minimum atomic E-state index is -1.57. The summed E-state index contributed by atoms with van der Waals surface area (Å²) in [5.41, 5.74) is 3.07. The van der Waals surface area contributed by atoms with Crippen molar-refractivity contribution in [1.29, 1.82) is 0 Å². The molecule has 0 saturated carbocycles. The quantitative estimate of drug-likeness (QED) is 0.402. The summed E-state index contributed by atoms with van der Waals surface area (Å²) in [7, 11) is -1.57. The Kier molecular flexibility index (Phi) is 9.61. The van der Waals surface area contributed by atoms with Crippen LogP contribution in [0.3, 0.4) is 0 Å². The first-order chi connectivity index (χ1) is 11.7. The molecule has 0 amide bonds. The third-order valence-corrected chi connectivity index (χ3v) is 14.8. The monoisotopic (exact) mass is 468 g/mol. The molecule has 4 rings (SSSR count). The van der Waals surface area contributed by atoms with E-state index in [0.29, 0.717) is 0 Å². The number of hydrogen-bond acceptors (Lipinski definition) is 0. The van der Waals surface area contributed by atoms with Crippen molar-refractivity contribution in [2.24, 2.45) is 0 Å². The average molecular weight is 470 g/mol. The van der Waals surface area contributed by atoms with E-state index >= 15 is 0 Å². The van der Waals surface area contributed by atoms with Crippen LogP contribution in [0.1, 0.15) is 18.4 Å². The molecular formula is C22H23Cl3SiTi. The van der Waals surface area contributed by atoms with Crippen LogP contribution in [0.2, 0.25) is 15.4 Å². The second kappa shape index (κ2) is 10.5. The number of allylic oxidation sites excluding steroid dienone is 4. The van der Waals surface area contributed by atoms with E-state index in [2.05, 4.69) is 99.3 Å². The number of hydrogen-bond donors (Lipinski definition) is 0. The standard InChI is InChI=1S/C22H23Si.3ClH.Ti/c1-3-10-19(11-4-1)18-20-12-9-15-22(20)23(16-7-8-17-23)21-13-5-2-6-14-21;;;;/h1-6,9-15H,7-8,16-18H2;3*1H;/q;;;;+3/p-3. The summed E-state index contributed by atoms with van der Waals surface area (Å²) >= 11 is 2.54. The van der Waals surface area contributed by atoms with Crippen molar-refractivity contribution in [3.05, 3.63) is 90.0 Å². The van der Waals surface area contributed by atoms with E-state index in [1.54, 1.807) is 10.8 Å². The molecule has 0 bridgehead atoms. The van der Waals surface area contributed by atoms with Crippen molar-refractivity contribution in [3.8, 4) is 0 Å². The van der Waals surface area contributed by atoms with E-state index < -0.39 is 8.07 Å². The van der Waals surface area contributed by atoms with Gasteiger partial charge in [-0.25, -0.2) is 0 Å². The van der Waals surface area contributed by atoms with Gasteiger partial charge in [-0.05, 0) is 0 Å². The van der Waals surface area contributed by atoms with Crippen LogP contribution in [-0.2, 0) is 26.9 Å². The summed E-state index contributed by atoms with van der Waals surface area (Å²) in [4.78, 5) is 0. The fraction of sp³-hybridized carbons (Fsp3) is 0.273. The predicted molar refractivity (Wildman–Crippen MR) is 101 cm³/mol. The van der Waals surface area contributed by atoms with Crippen LogP contribution < -0.4 is 42.4 Å². The molecule has 1 atom stereocenters. The molecular weight excluding hydrogens is 447 g/mol. The maximum atomic E-state index is 2.54. The van der Waals surface area contributed by atoms with E-state index in [9.17, 15) is 0 Å². The van der Waals surface area contributed by atoms with Gasteiger partial charge in [0, 0.05) is 0 Å². The van der Waals surface area contributed by atoms with Crippen molar-refractivity contribution in [1.82, 2.24) is 0 Å². The Morgan fingerprint density at radius 3 is 1.96 bits per heavy atom. The first kappa shape index (κ1) is 24.8. The van der Waals surface area contributed by atoms with E-state index in [0.717, 1.165) is 6.42 Å². The molecule has 1 aliphatic carbocycles. The van der Waals surface area contributed by atoms with Crippen LogP contribution in [0.5, 0.6) is 0 Å². The Bertz CT molecular complexity index is 771. The van der Waals surface area contributed by atoms with Crippen LogP contribution >= 0.6 is 0 Å². The number of halogens is 3. The van der Waals surface area contributed by atoms with Crippen molar-refractivity contribution in [3.63, 3.8) is 0 Å². The van der Waals surface area contributed by atoms with Crippen molar-refractivity contribution >= 4 is 13.3 Å². The van der Waals surface area contributed by atoms with Gasteiger partial charge in [0.15, 0.2) is 0 Å². The summed E-state index contributed by atoms with van der Waals surface area (Å²) < 4.78 is 0.265. The molecule has 5 heteroatoms. The molecule has 0 radical (unpaired) electrons. The van der Waals surface area contributed by atoms with Gasteiger partial charge < -0.3 is 37.2 Å². The molecule has 0 spiro atoms. The first-order valence-corrected chi connectivity index (χ1v) is 12.2. The minimum absolute atomic E-state index is 0. The zero-order valence-corrected chi connectivity index (χ0v) is 20.0. The second-order valence-corrected chi connectivity index (χ2v) is 13.7. The van der Waals surface area contributed by atoms with Crippen LogP contribution in [0.25, 0.3) is 0 Å². The summed E-state index contributed by atoms with van der Waals surface area (Å²) in [6.07, 6.45) is 11.2. The van der Waals surface area contributed by atoms with Gasteiger partial charge in [0.25, 0.3) is 0 Å². The van der Waals surface area contributed by atoms with Gasteiger partial charge in [0.1, 0.15) is 0 Å². The van der Waals surface area contributed by atoms with Gasteiger partial charge in [0.2, 0.25) is 0 Å². The summed E-state index contributed by atoms with van der Waals surface area (Å²) in [6, 6.07) is 25.3. The van der Waals surface area contributed by atoms with Crippen molar-refractivity contribution < 1.29 is 57.7 Å². The summed E-state index contributed by atoms with van der Waals surface area (Å²) in [6.45, 7) is 0. The van der Waals surface area contributed by atoms with Gasteiger partial charge in [-0.3, -0.25) is 0 Å². The fourth-order valence-electron chi connectivity index (χ4n) is 4.67. The van der Waals surface area contributed by atoms with E-state index in [4.69, 9.17) is 0 Å². The number of benzene rings is 2. The molecule has 0 aromatic heterocycles. The Labute approximate surface area is 194 Å². The average Bonchev–Trinajstić information content (AvgIpc) is 3.26. The molecule has 2 aromatic carbocycles. The zero-order valence-electron chi connectivity index (χ0n) is 15.2. The van der Waals surface area contributed by atoms with Crippen LogP contribution in [0.4, 0.5) is 0 Å². The Balaban J connectivity index is 0.00000121. The fourth-order valence-corrected chi connectivity index (χ4v) is 12.8. The molecule has 1 heterocycles. The zero-order chi connectivity index (χ0) is 16.5. The van der Waals surface area contributed by atoms with Gasteiger partial charge >= 0.3 is 158 Å². The van der Waals surface area contributed by atoms with Crippen molar-refractivity contribution in [2.45, 2.75) is 34.7 Å². The van der Waals surface area contributed by atoms with Gasteiger partial charge in [-0.2, -0.15) is 0 Å². The molecule has 140 valence electrons. The Morgan fingerprint density at radius 2 is 1.37 bits per heavy atom. The molecule has 1 aliphatic heterocycles. The molecule has 1 saturated heterocycles. The second-order valence-electron chi connectivity index (χ2n) is 7.18. The molecule has 1 fully saturated rings. The van der Waals surface area contributed by atoms with E-state index in [1.807, 2.05) is 0 Å². The van der Waals surface area contributed by atoms with Crippen molar-refractivity contribution in [2.75, 3.05) is 0 Å². The van der Waals surface area contributed by atoms with Crippen LogP contribution in [0, 0.1) is 0 Å². The van der Waals surface area contributed by atoms with Crippen LogP contribution in [-0.4, -0.2) is 8.07 Å². The number of rotatable bonds is 4. The normalized spacial score (nSPS) is 22.2. The molecule has 27 heavy (non-hydrogen) atoms. The van der Waals surface area contributed by atoms with Crippen LogP contribution in [0.15, 0.2) is 84.5 Å². The SMILES string of the molecule is [Cl-].[Cl-].[Cl-].[Ti+3][C]1([Si]2(c3ccccc3)CCCC2)C=CC=C1Cc1ccccc1. The first-order valence-electron chi connectivity index (χ1n) is 8.98. The summed E-state index contributed by atoms with van der Waals surface area (Å²) in [5, 5.41) is 1.66. The van der Waals surface area contributed by atoms with Gasteiger partial charge in [0.05, 0.1) is 0 Å². The molecule has 0 nitrogen and oxygen atoms in total. The molecule has 1 unspecified atom stereocenters. The van der Waals surface area contributed by atoms with E-state index in [1.165, 1.54) is 30.5 Å². The molecule has 0 N–H and O–H groups in total. The maximum absolute atomic E-state index is 2.54. The predicted octanol–water partition coefficient (Wildman–Crippen LogP) is -3.87. The molecule has 2 aromatic rings. The summed E-state index contributed by atoms with van der Waals surface area (Å²) in [5.74, 6) is 0. The van der Waals surface area contributed by atoms with Gasteiger partial charge in [-0.1, -0.05) is 0 Å². The third kappa shape index (κ3) is 4.50. The van der Waals surface area contributed by atoms with E-state index in [-0.39, 0.29) is 40.6 Å². The molecule has 2 aliphatic rings. The van der Waals surface area contributed by atoms with Gasteiger partial charge in [-0.15, -0.1) is 0 Å². The Hall–Kier alpha value is -0.279. The Morgan fingerprint density at radius 1 is 0.815 bits per heavy atom. The third-order valence-electron chi connectivity index (χ3n) is 5.93. The topological polar surface area (TPSA) is 0 Å².